The van der Waals surface area contributed by atoms with Gasteiger partial charge in [0, 0.05) is 37.8 Å². The van der Waals surface area contributed by atoms with Crippen LogP contribution in [0.2, 0.25) is 0 Å². The molecule has 0 radical (unpaired) electrons. The van der Waals surface area contributed by atoms with Crippen molar-refractivity contribution in [1.82, 2.24) is 18.9 Å². The van der Waals surface area contributed by atoms with Crippen LogP contribution >= 0.6 is 0 Å². The summed E-state index contributed by atoms with van der Waals surface area (Å²) in [4.78, 5) is 25.3. The van der Waals surface area contributed by atoms with Gasteiger partial charge < -0.3 is 15.7 Å². The van der Waals surface area contributed by atoms with Crippen LogP contribution in [-0.2, 0) is 15.0 Å². The third-order valence-corrected chi connectivity index (χ3v) is 6.45. The number of carbonyl (C=O) groups is 2. The maximum absolute atomic E-state index is 14.1. The zero-order valence-corrected chi connectivity index (χ0v) is 18.8. The van der Waals surface area contributed by atoms with Crippen LogP contribution in [0.3, 0.4) is 0 Å². The van der Waals surface area contributed by atoms with Crippen molar-refractivity contribution in [3.05, 3.63) is 77.4 Å². The number of para-hydroxylation sites is 1. The summed E-state index contributed by atoms with van der Waals surface area (Å²) < 4.78 is 41.7. The molecule has 9 nitrogen and oxygen atoms in total. The van der Waals surface area contributed by atoms with Crippen molar-refractivity contribution < 1.29 is 27.5 Å². The number of aliphatic hydroxyl groups excluding tert-OH is 1. The molecular weight excluding hydrogens is 451 g/mol. The summed E-state index contributed by atoms with van der Waals surface area (Å²) in [5.41, 5.74) is 0.185. The molecule has 0 bridgehead atoms. The molecule has 174 valence electrons. The number of aliphatic hydroxyl groups is 1. The van der Waals surface area contributed by atoms with Gasteiger partial charge in [-0.15, -0.1) is 0 Å². The number of halogens is 1. The van der Waals surface area contributed by atoms with Crippen LogP contribution in [0.4, 0.5) is 4.39 Å². The van der Waals surface area contributed by atoms with E-state index in [1.807, 2.05) is 0 Å². The van der Waals surface area contributed by atoms with Gasteiger partial charge in [-0.05, 0) is 24.3 Å². The fraction of sp³-hybridized carbons (Fsp3) is 0.182. The van der Waals surface area contributed by atoms with E-state index in [0.717, 1.165) is 14.3 Å². The highest BCUT2D eigenvalue weighted by Gasteiger charge is 2.22. The first-order valence-corrected chi connectivity index (χ1v) is 11.3. The maximum atomic E-state index is 14.1. The second-order valence-electron chi connectivity index (χ2n) is 7.16. The summed E-state index contributed by atoms with van der Waals surface area (Å²) >= 11 is 0. The van der Waals surface area contributed by atoms with Gasteiger partial charge in [0.2, 0.25) is 0 Å². The second-order valence-corrected chi connectivity index (χ2v) is 9.18. The number of amides is 2. The Kier molecular flexibility index (Phi) is 7.26. The van der Waals surface area contributed by atoms with Crippen molar-refractivity contribution in [1.29, 1.82) is 0 Å². The summed E-state index contributed by atoms with van der Waals surface area (Å²) in [5.74, 6) is -2.36. The second kappa shape index (κ2) is 9.94. The predicted octanol–water partition coefficient (Wildman–Crippen LogP) is 1.31. The van der Waals surface area contributed by atoms with Gasteiger partial charge in [-0.2, -0.15) is 12.7 Å². The third-order valence-electron chi connectivity index (χ3n) is 4.73. The Bertz CT molecular complexity index is 1330. The summed E-state index contributed by atoms with van der Waals surface area (Å²) in [5, 5.41) is 14.3. The molecule has 1 aromatic heterocycles. The quantitative estimate of drug-likeness (QED) is 0.425. The average molecular weight is 475 g/mol. The molecule has 2 amide bonds. The lowest BCUT2D eigenvalue weighted by atomic mass is 10.1. The molecule has 3 aromatic rings. The summed E-state index contributed by atoms with van der Waals surface area (Å²) in [6.07, 6.45) is 2.63. The number of fused-ring (bicyclic) bond motifs is 1. The lowest BCUT2D eigenvalue weighted by Gasteiger charge is -2.13. The Morgan fingerprint density at radius 3 is 2.45 bits per heavy atom. The number of hydrogen-bond acceptors (Lipinski definition) is 5. The standard InChI is InChI=1S/C22H23FN4O5S/c1-26(2)33(31,32)27-14-15(16-7-4-6-10-20(16)27)13-19(22(30)24-11-12-28)25-21(29)17-8-3-5-9-18(17)23/h3-10,13-14,28H,11-12H2,1-2H3,(H,24,30)(H,25,29). The molecule has 0 saturated heterocycles. The van der Waals surface area contributed by atoms with Crippen LogP contribution in [0.1, 0.15) is 15.9 Å². The van der Waals surface area contributed by atoms with Crippen LogP contribution < -0.4 is 10.6 Å². The molecule has 0 spiro atoms. The van der Waals surface area contributed by atoms with Gasteiger partial charge in [0.15, 0.2) is 0 Å². The van der Waals surface area contributed by atoms with E-state index in [-0.39, 0.29) is 24.4 Å². The van der Waals surface area contributed by atoms with Gasteiger partial charge in [0.25, 0.3) is 11.8 Å². The molecule has 0 fully saturated rings. The van der Waals surface area contributed by atoms with Crippen molar-refractivity contribution in [2.75, 3.05) is 27.2 Å². The number of rotatable bonds is 8. The Balaban J connectivity index is 2.12. The number of aromatic nitrogens is 1. The molecule has 0 atom stereocenters. The van der Waals surface area contributed by atoms with Gasteiger partial charge in [-0.1, -0.05) is 30.3 Å². The van der Waals surface area contributed by atoms with Crippen LogP contribution in [0.15, 0.2) is 60.4 Å². The lowest BCUT2D eigenvalue weighted by Crippen LogP contribution is -2.36. The molecule has 11 heteroatoms. The highest BCUT2D eigenvalue weighted by Crippen LogP contribution is 2.25. The topological polar surface area (TPSA) is 121 Å². The fourth-order valence-corrected chi connectivity index (χ4v) is 4.08. The average Bonchev–Trinajstić information content (AvgIpc) is 3.16. The number of hydrogen-bond donors (Lipinski definition) is 3. The molecule has 0 aliphatic carbocycles. The minimum absolute atomic E-state index is 0.0808. The minimum Gasteiger partial charge on any atom is -0.395 e. The van der Waals surface area contributed by atoms with E-state index in [0.29, 0.717) is 16.5 Å². The number of carbonyl (C=O) groups excluding carboxylic acids is 2. The van der Waals surface area contributed by atoms with Gasteiger partial charge in [0.05, 0.1) is 17.7 Å². The third kappa shape index (κ3) is 5.11. The smallest absolute Gasteiger partial charge is 0.307 e. The molecule has 2 aromatic carbocycles. The van der Waals surface area contributed by atoms with Gasteiger partial charge in [-0.25, -0.2) is 8.36 Å². The first-order valence-electron chi connectivity index (χ1n) is 9.86. The molecule has 0 unspecified atom stereocenters. The largest absolute Gasteiger partial charge is 0.395 e. The number of benzene rings is 2. The lowest BCUT2D eigenvalue weighted by molar-refractivity contribution is -0.117. The van der Waals surface area contributed by atoms with Crippen LogP contribution in [0, 0.1) is 5.82 Å². The van der Waals surface area contributed by atoms with Gasteiger partial charge in [-0.3, -0.25) is 9.59 Å². The molecular formula is C22H23FN4O5S. The van der Waals surface area contributed by atoms with E-state index in [1.165, 1.54) is 44.6 Å². The zero-order chi connectivity index (χ0) is 24.2. The molecule has 1 heterocycles. The number of nitrogens with one attached hydrogen (secondary N) is 2. The SMILES string of the molecule is CN(C)S(=O)(=O)n1cc(C=C(NC(=O)c2ccccc2F)C(=O)NCCO)c2ccccc21. The molecule has 0 aliphatic heterocycles. The molecule has 0 aliphatic rings. The molecule has 0 saturated carbocycles. The highest BCUT2D eigenvalue weighted by molar-refractivity contribution is 7.87. The van der Waals surface area contributed by atoms with Crippen molar-refractivity contribution in [2.24, 2.45) is 0 Å². The summed E-state index contributed by atoms with van der Waals surface area (Å²) in [7, 11) is -1.09. The van der Waals surface area contributed by atoms with E-state index in [9.17, 15) is 22.4 Å². The summed E-state index contributed by atoms with van der Waals surface area (Å²) in [6, 6.07) is 11.9. The van der Waals surface area contributed by atoms with Crippen molar-refractivity contribution in [3.8, 4) is 0 Å². The predicted molar refractivity (Wildman–Crippen MR) is 122 cm³/mol. The van der Waals surface area contributed by atoms with Crippen molar-refractivity contribution in [3.63, 3.8) is 0 Å². The first-order chi connectivity index (χ1) is 15.7. The molecule has 3 N–H and O–H groups in total. The van der Waals surface area contributed by atoms with Crippen LogP contribution in [-0.4, -0.2) is 60.9 Å². The van der Waals surface area contributed by atoms with E-state index in [1.54, 1.807) is 24.3 Å². The normalized spacial score (nSPS) is 12.2. The Hall–Kier alpha value is -3.54. The first kappa shape index (κ1) is 24.1. The zero-order valence-electron chi connectivity index (χ0n) is 17.9. The van der Waals surface area contributed by atoms with Crippen molar-refractivity contribution >= 4 is 39.0 Å². The highest BCUT2D eigenvalue weighted by atomic mass is 32.2. The Morgan fingerprint density at radius 2 is 1.79 bits per heavy atom. The van der Waals surface area contributed by atoms with Gasteiger partial charge >= 0.3 is 10.2 Å². The monoisotopic (exact) mass is 474 g/mol. The van der Waals surface area contributed by atoms with Gasteiger partial charge in [0.1, 0.15) is 11.5 Å². The van der Waals surface area contributed by atoms with E-state index >= 15 is 0 Å². The fourth-order valence-electron chi connectivity index (χ4n) is 3.07. The van der Waals surface area contributed by atoms with E-state index < -0.39 is 27.8 Å². The van der Waals surface area contributed by atoms with Crippen LogP contribution in [0.5, 0.6) is 0 Å². The molecule has 33 heavy (non-hydrogen) atoms. The molecule has 3 rings (SSSR count). The van der Waals surface area contributed by atoms with E-state index in [2.05, 4.69) is 10.6 Å². The van der Waals surface area contributed by atoms with Crippen molar-refractivity contribution in [2.45, 2.75) is 0 Å². The van der Waals surface area contributed by atoms with E-state index in [4.69, 9.17) is 5.11 Å². The summed E-state index contributed by atoms with van der Waals surface area (Å²) in [6.45, 7) is -0.414. The van der Waals surface area contributed by atoms with Crippen LogP contribution in [0.25, 0.3) is 17.0 Å². The minimum atomic E-state index is -3.87. The Labute approximate surface area is 190 Å². The number of nitrogens with zero attached hydrogens (tertiary/aromatic N) is 2. The Morgan fingerprint density at radius 1 is 1.12 bits per heavy atom. The maximum Gasteiger partial charge on any atom is 0.307 e.